The van der Waals surface area contributed by atoms with Crippen LogP contribution in [0, 0.1) is 0 Å². The summed E-state index contributed by atoms with van der Waals surface area (Å²) in [6.45, 7) is 0. The summed E-state index contributed by atoms with van der Waals surface area (Å²) < 4.78 is 14.5. The Morgan fingerprint density at radius 3 is 0.850 bits per heavy atom. The van der Waals surface area contributed by atoms with Crippen molar-refractivity contribution in [1.82, 2.24) is 52.2 Å². The normalized spacial score (nSPS) is 11.7. The van der Waals surface area contributed by atoms with Gasteiger partial charge in [-0.3, -0.25) is 0 Å². The van der Waals surface area contributed by atoms with Gasteiger partial charge < -0.3 is 22.3 Å². The molecule has 0 amide bonds. The van der Waals surface area contributed by atoms with Crippen molar-refractivity contribution in [2.75, 3.05) is 0 Å². The van der Waals surface area contributed by atoms with Crippen LogP contribution in [-0.4, -0.2) is 52.2 Å². The van der Waals surface area contributed by atoms with Crippen LogP contribution in [0.5, 0.6) is 0 Å². The Labute approximate surface area is 807 Å². The lowest BCUT2D eigenvalue weighted by Gasteiger charge is -2.17. The van der Waals surface area contributed by atoms with Gasteiger partial charge in [-0.1, -0.05) is 358 Å². The fraction of sp³-hybridized carbons (Fsp3) is 0. The molecular weight excluding hydrogens is 1720 g/mol. The topological polar surface area (TPSA) is 100 Å². The molecule has 0 N–H and O–H groups in total. The molecule has 0 atom stereocenters. The summed E-state index contributed by atoms with van der Waals surface area (Å²) >= 11 is 1.82. The maximum atomic E-state index is 5.29. The van der Waals surface area contributed by atoms with E-state index in [0.29, 0.717) is 5.82 Å². The van der Waals surface area contributed by atoms with Crippen LogP contribution in [0.25, 0.3) is 258 Å². The number of benzene rings is 20. The molecule has 654 valence electrons. The van der Waals surface area contributed by atoms with E-state index in [1.54, 1.807) is 0 Å². The zero-order valence-electron chi connectivity index (χ0n) is 75.6. The van der Waals surface area contributed by atoms with E-state index in [-0.39, 0.29) is 0 Å². The van der Waals surface area contributed by atoms with Crippen LogP contribution in [0.3, 0.4) is 0 Å². The molecule has 0 bridgehead atoms. The summed E-state index contributed by atoms with van der Waals surface area (Å²) in [5, 5.41) is 14.8. The van der Waals surface area contributed by atoms with Gasteiger partial charge in [0.25, 0.3) is 0 Å². The molecule has 0 saturated heterocycles. The predicted molar refractivity (Wildman–Crippen MR) is 585 cm³/mol. The van der Waals surface area contributed by atoms with E-state index in [2.05, 4.69) is 423 Å². The Morgan fingerprint density at radius 1 is 0.171 bits per heavy atom. The number of nitrogens with zero attached hydrogens (tertiary/aromatic N) is 11. The first-order chi connectivity index (χ1) is 69.5. The first kappa shape index (κ1) is 81.0. The molecule has 0 radical (unpaired) electrons. The number of hydrogen-bond donors (Lipinski definition) is 0. The third-order valence-corrected chi connectivity index (χ3v) is 28.7. The molecule has 140 heavy (non-hydrogen) atoms. The lowest BCUT2D eigenvalue weighted by Crippen LogP contribution is -2.01. The third-order valence-electron chi connectivity index (χ3n) is 27.4. The lowest BCUT2D eigenvalue weighted by molar-refractivity contribution is 1.15. The molecule has 0 spiro atoms. The molecule has 9 heterocycles. The zero-order valence-corrected chi connectivity index (χ0v) is 76.4. The summed E-state index contributed by atoms with van der Waals surface area (Å²) in [4.78, 5) is 30.9. The molecule has 12 heteroatoms. The Bertz CT molecular complexity index is 10100. The van der Waals surface area contributed by atoms with Crippen molar-refractivity contribution >= 4 is 179 Å². The highest BCUT2D eigenvalue weighted by molar-refractivity contribution is 7.24. The Morgan fingerprint density at radius 2 is 0.443 bits per heavy atom. The number of hydrogen-bond acceptors (Lipinski definition) is 7. The van der Waals surface area contributed by atoms with E-state index in [9.17, 15) is 0 Å². The average molecular weight is 1810 g/mol. The molecule has 0 unspecified atom stereocenters. The fourth-order valence-corrected chi connectivity index (χ4v) is 22.4. The van der Waals surface area contributed by atoms with Crippen LogP contribution in [0.15, 0.2) is 491 Å². The van der Waals surface area contributed by atoms with Gasteiger partial charge in [-0.25, -0.2) is 29.9 Å². The van der Waals surface area contributed by atoms with Crippen molar-refractivity contribution in [3.8, 4) is 90.3 Å². The van der Waals surface area contributed by atoms with Gasteiger partial charge in [0.2, 0.25) is 0 Å². The van der Waals surface area contributed by atoms with Crippen molar-refractivity contribution in [3.05, 3.63) is 491 Å². The molecule has 0 aliphatic carbocycles. The van der Waals surface area contributed by atoms with Crippen molar-refractivity contribution in [1.29, 1.82) is 0 Å². The molecule has 9 aromatic heterocycles. The van der Waals surface area contributed by atoms with Crippen molar-refractivity contribution < 1.29 is 0 Å². The molecule has 29 rings (SSSR count). The van der Waals surface area contributed by atoms with Crippen LogP contribution in [0.4, 0.5) is 0 Å². The summed E-state index contributed by atoms with van der Waals surface area (Å²) in [6, 6.07) is 174. The maximum Gasteiger partial charge on any atom is 0.160 e. The fourth-order valence-electron chi connectivity index (χ4n) is 21.2. The molecular formula is C128H81N11S. The van der Waals surface area contributed by atoms with Crippen LogP contribution in [-0.2, 0) is 0 Å². The van der Waals surface area contributed by atoms with E-state index in [0.717, 1.165) is 140 Å². The summed E-state index contributed by atoms with van der Waals surface area (Å²) in [5.74, 6) is 0.695. The van der Waals surface area contributed by atoms with Crippen LogP contribution in [0.1, 0.15) is 0 Å². The predicted octanol–water partition coefficient (Wildman–Crippen LogP) is 33.3. The van der Waals surface area contributed by atoms with Gasteiger partial charge >= 0.3 is 0 Å². The molecule has 11 nitrogen and oxygen atoms in total. The van der Waals surface area contributed by atoms with Gasteiger partial charge in [0.1, 0.15) is 0 Å². The standard InChI is InChI=1S/C46H30N4.C44H28N4.C38H23N3S/c1-3-14-31(15-4-1)39-30-40(32-16-5-2-6-17-32)48-46(47-39)33-26-28-34(29-27-33)49-41-22-9-7-18-35(41)37-20-13-21-38-36-19-8-10-23-42(36)50(45(37)38)44-25-12-11-24-43(44)49;1-2-13-29(14-3-1)42-43(46-37-20-7-6-19-36(37)45-42)30-25-27-31(28-26-30)47-38-21-8-4-15-32(38)34-17-12-18-35-33-16-5-9-22-39(33)48(44(34)35)41-24-11-10-23-40(41)47;1-2-12-24(13-3-1)35-36(40-31-20-6-5-19-30(31)39-35)29-18-11-17-28-27-16-10-15-26-25-14-4-7-21-32(25)41(37(26)27)33-22-8-9-23-34(33)42-38(28)29/h1-30H;1-28H;1-23H. The Kier molecular flexibility index (Phi) is 19.5. The van der Waals surface area contributed by atoms with Crippen LogP contribution < -0.4 is 0 Å². The number of aromatic nitrogens is 11. The van der Waals surface area contributed by atoms with Crippen LogP contribution in [0.2, 0.25) is 0 Å². The van der Waals surface area contributed by atoms with E-state index in [1.165, 1.54) is 113 Å². The highest BCUT2D eigenvalue weighted by Gasteiger charge is 2.25. The molecule has 20 aromatic carbocycles. The van der Waals surface area contributed by atoms with E-state index in [4.69, 9.17) is 29.9 Å². The van der Waals surface area contributed by atoms with E-state index in [1.807, 2.05) is 102 Å². The monoisotopic (exact) mass is 1800 g/mol. The zero-order chi connectivity index (χ0) is 92.2. The second-order valence-corrected chi connectivity index (χ2v) is 36.5. The first-order valence-electron chi connectivity index (χ1n) is 47.3. The Hall–Kier alpha value is -18.6. The number of rotatable bonds is 9. The molecule has 0 saturated carbocycles. The quantitative estimate of drug-likeness (QED) is 0.143. The molecule has 0 aliphatic heterocycles. The second-order valence-electron chi connectivity index (χ2n) is 35.4. The minimum absolute atomic E-state index is 0.695. The highest BCUT2D eigenvalue weighted by Crippen LogP contribution is 2.47. The van der Waals surface area contributed by atoms with Gasteiger partial charge in [-0.2, -0.15) is 0 Å². The Balaban J connectivity index is 0.000000106. The minimum atomic E-state index is 0.695. The number of fused-ring (bicyclic) bond motifs is 23. The number of para-hydroxylation sites is 17. The smallest absolute Gasteiger partial charge is 0.160 e. The van der Waals surface area contributed by atoms with Crippen molar-refractivity contribution in [2.24, 2.45) is 0 Å². The average Bonchev–Trinajstić information content (AvgIpc) is 1.55. The molecule has 0 aliphatic rings. The van der Waals surface area contributed by atoms with Gasteiger partial charge in [0.05, 0.1) is 133 Å². The minimum Gasteiger partial charge on any atom is -0.308 e. The van der Waals surface area contributed by atoms with Crippen molar-refractivity contribution in [2.45, 2.75) is 0 Å². The summed E-state index contributed by atoms with van der Waals surface area (Å²) in [5.41, 5.74) is 33.6. The van der Waals surface area contributed by atoms with Gasteiger partial charge in [0, 0.05) is 120 Å². The second kappa shape index (κ2) is 33.8. The van der Waals surface area contributed by atoms with Crippen LogP contribution >= 0.6 is 11.3 Å². The first-order valence-corrected chi connectivity index (χ1v) is 48.1. The lowest BCUT2D eigenvalue weighted by atomic mass is 10.0. The largest absolute Gasteiger partial charge is 0.308 e. The molecule has 29 aromatic rings. The highest BCUT2D eigenvalue weighted by atomic mass is 32.1. The van der Waals surface area contributed by atoms with Gasteiger partial charge in [0.15, 0.2) is 5.82 Å². The van der Waals surface area contributed by atoms with Crippen molar-refractivity contribution in [3.63, 3.8) is 0 Å². The van der Waals surface area contributed by atoms with E-state index < -0.39 is 0 Å². The summed E-state index contributed by atoms with van der Waals surface area (Å²) in [7, 11) is 0. The maximum absolute atomic E-state index is 5.29. The molecule has 0 fully saturated rings. The SMILES string of the molecule is c1ccc(-c2cc(-c3ccccc3)nc(-c3ccc(-n4c5ccccc5c5cccc6c7ccccc7n(c7ccccc74)c56)cc3)n2)cc1.c1ccc(-c2nc3ccccc3nc2-c2ccc(-n3c4ccccc4c4cccc5c6ccccc6n(c6ccccc63)c45)cc2)cc1.c1ccc(-c2nc3ccccc3nc2-c2cccc3c2sc2ccccc2n2c4ccccc4c4cccc3c42)cc1. The van der Waals surface area contributed by atoms with Gasteiger partial charge in [-0.15, -0.1) is 11.3 Å². The summed E-state index contributed by atoms with van der Waals surface area (Å²) in [6.07, 6.45) is 0. The third kappa shape index (κ3) is 13.5. The van der Waals surface area contributed by atoms with E-state index >= 15 is 0 Å². The van der Waals surface area contributed by atoms with Gasteiger partial charge in [-0.05, 0) is 133 Å².